The van der Waals surface area contributed by atoms with Crippen molar-refractivity contribution in [3.8, 4) is 0 Å². The maximum atomic E-state index is 12.5. The molecule has 1 atom stereocenters. The number of hydrogen-bond acceptors (Lipinski definition) is 5. The number of halogens is 1. The molecular weight excluding hydrogens is 320 g/mol. The van der Waals surface area contributed by atoms with Gasteiger partial charge in [-0.25, -0.2) is 4.68 Å². The van der Waals surface area contributed by atoms with E-state index in [1.54, 1.807) is 15.8 Å². The molecule has 124 valence electrons. The quantitative estimate of drug-likeness (QED) is 0.927. The second kappa shape index (κ2) is 5.98. The van der Waals surface area contributed by atoms with Crippen LogP contribution in [0.4, 0.5) is 0 Å². The largest absolute Gasteiger partial charge is 0.452 e. The number of aromatic nitrogens is 3. The zero-order chi connectivity index (χ0) is 16.6. The van der Waals surface area contributed by atoms with E-state index in [9.17, 15) is 9.90 Å². The average Bonchev–Trinajstić information content (AvgIpc) is 3.15. The van der Waals surface area contributed by atoms with E-state index >= 15 is 0 Å². The normalized spacial score (nSPS) is 21.9. The highest BCUT2D eigenvalue weighted by molar-refractivity contribution is 6.32. The third-order valence-electron chi connectivity index (χ3n) is 4.12. The van der Waals surface area contributed by atoms with Crippen molar-refractivity contribution in [3.63, 3.8) is 0 Å². The van der Waals surface area contributed by atoms with Gasteiger partial charge in [-0.2, -0.15) is 0 Å². The van der Waals surface area contributed by atoms with Gasteiger partial charge < -0.3 is 14.4 Å². The van der Waals surface area contributed by atoms with E-state index in [-0.39, 0.29) is 23.7 Å². The minimum absolute atomic E-state index is 0.0647. The monoisotopic (exact) mass is 338 g/mol. The second-order valence-electron chi connectivity index (χ2n) is 6.15. The van der Waals surface area contributed by atoms with Gasteiger partial charge in [0.2, 0.25) is 5.22 Å². The molecule has 0 spiro atoms. The average molecular weight is 339 g/mol. The SMILES string of the molecule is CC(C)n1cc([C@@]2(O)CCCN(C(=O)c3ccoc3Cl)C2)nn1. The molecule has 23 heavy (non-hydrogen) atoms. The highest BCUT2D eigenvalue weighted by Gasteiger charge is 2.40. The summed E-state index contributed by atoms with van der Waals surface area (Å²) in [6.45, 7) is 4.69. The molecule has 8 heteroatoms. The van der Waals surface area contributed by atoms with E-state index in [1.807, 2.05) is 13.8 Å². The fraction of sp³-hybridized carbons (Fsp3) is 0.533. The van der Waals surface area contributed by atoms with Crippen LogP contribution in [0.15, 0.2) is 22.9 Å². The minimum atomic E-state index is -1.20. The summed E-state index contributed by atoms with van der Waals surface area (Å²) in [6, 6.07) is 1.69. The Balaban J connectivity index is 1.81. The summed E-state index contributed by atoms with van der Waals surface area (Å²) in [5.74, 6) is -0.252. The van der Waals surface area contributed by atoms with Gasteiger partial charge in [0.25, 0.3) is 5.91 Å². The Morgan fingerprint density at radius 1 is 1.52 bits per heavy atom. The van der Waals surface area contributed by atoms with Crippen LogP contribution in [0.3, 0.4) is 0 Å². The molecule has 1 aliphatic heterocycles. The van der Waals surface area contributed by atoms with Gasteiger partial charge in [0.1, 0.15) is 11.3 Å². The van der Waals surface area contributed by atoms with Crippen molar-refractivity contribution >= 4 is 17.5 Å². The van der Waals surface area contributed by atoms with Gasteiger partial charge in [0, 0.05) is 12.6 Å². The van der Waals surface area contributed by atoms with Gasteiger partial charge in [0.05, 0.1) is 24.6 Å². The number of rotatable bonds is 3. The van der Waals surface area contributed by atoms with Crippen molar-refractivity contribution < 1.29 is 14.3 Å². The molecule has 0 aliphatic carbocycles. The molecule has 0 bridgehead atoms. The Kier molecular flexibility index (Phi) is 4.16. The van der Waals surface area contributed by atoms with E-state index < -0.39 is 5.60 Å². The minimum Gasteiger partial charge on any atom is -0.452 e. The number of carbonyl (C=O) groups excluding carboxylic acids is 1. The Morgan fingerprint density at radius 3 is 2.91 bits per heavy atom. The summed E-state index contributed by atoms with van der Waals surface area (Å²) in [4.78, 5) is 14.1. The number of piperidine rings is 1. The Bertz CT molecular complexity index is 711. The molecule has 3 rings (SSSR count). The molecule has 0 unspecified atom stereocenters. The van der Waals surface area contributed by atoms with Crippen LogP contribution in [-0.4, -0.2) is 44.0 Å². The lowest BCUT2D eigenvalue weighted by atomic mass is 9.89. The third-order valence-corrected chi connectivity index (χ3v) is 4.42. The highest BCUT2D eigenvalue weighted by Crippen LogP contribution is 2.32. The Hall–Kier alpha value is -1.86. The van der Waals surface area contributed by atoms with Crippen LogP contribution in [0, 0.1) is 0 Å². The smallest absolute Gasteiger partial charge is 0.258 e. The van der Waals surface area contributed by atoms with Gasteiger partial charge in [-0.15, -0.1) is 5.10 Å². The van der Waals surface area contributed by atoms with Crippen LogP contribution in [0.1, 0.15) is 48.8 Å². The molecule has 0 saturated carbocycles. The van der Waals surface area contributed by atoms with E-state index in [0.29, 0.717) is 30.6 Å². The van der Waals surface area contributed by atoms with Gasteiger partial charge in [0.15, 0.2) is 0 Å². The van der Waals surface area contributed by atoms with Crippen LogP contribution in [0.25, 0.3) is 0 Å². The fourth-order valence-electron chi connectivity index (χ4n) is 2.78. The third kappa shape index (κ3) is 2.98. The van der Waals surface area contributed by atoms with E-state index in [1.165, 1.54) is 12.3 Å². The number of likely N-dealkylation sites (tertiary alicyclic amines) is 1. The lowest BCUT2D eigenvalue weighted by Gasteiger charge is -2.37. The van der Waals surface area contributed by atoms with Gasteiger partial charge >= 0.3 is 0 Å². The molecule has 1 fully saturated rings. The second-order valence-corrected chi connectivity index (χ2v) is 6.49. The zero-order valence-electron chi connectivity index (χ0n) is 13.1. The summed E-state index contributed by atoms with van der Waals surface area (Å²) in [6.07, 6.45) is 4.32. The number of furan rings is 1. The predicted octanol–water partition coefficient (Wildman–Crippen LogP) is 2.23. The van der Waals surface area contributed by atoms with E-state index in [4.69, 9.17) is 16.0 Å². The van der Waals surface area contributed by atoms with Crippen LogP contribution in [0.5, 0.6) is 0 Å². The maximum Gasteiger partial charge on any atom is 0.258 e. The van der Waals surface area contributed by atoms with Crippen molar-refractivity contribution in [3.05, 3.63) is 35.0 Å². The van der Waals surface area contributed by atoms with Crippen LogP contribution in [-0.2, 0) is 5.60 Å². The maximum absolute atomic E-state index is 12.5. The molecular formula is C15H19ClN4O3. The standard InChI is InChI=1S/C15H19ClN4O3/c1-10(2)20-8-12(17-18-20)15(22)5-3-6-19(9-15)14(21)11-4-7-23-13(11)16/h4,7-8,10,22H,3,5-6,9H2,1-2H3/t15-/m1/s1. The summed E-state index contributed by atoms with van der Waals surface area (Å²) in [5, 5.41) is 19.1. The number of hydrogen-bond donors (Lipinski definition) is 1. The highest BCUT2D eigenvalue weighted by atomic mass is 35.5. The summed E-state index contributed by atoms with van der Waals surface area (Å²) in [7, 11) is 0. The first-order valence-corrected chi connectivity index (χ1v) is 7.95. The number of amides is 1. The molecule has 1 saturated heterocycles. The summed E-state index contributed by atoms with van der Waals surface area (Å²) >= 11 is 5.88. The molecule has 1 aliphatic rings. The number of nitrogens with zero attached hydrogens (tertiary/aromatic N) is 4. The molecule has 2 aromatic rings. The molecule has 3 heterocycles. The first kappa shape index (κ1) is 16.0. The Morgan fingerprint density at radius 2 is 2.30 bits per heavy atom. The lowest BCUT2D eigenvalue weighted by molar-refractivity contribution is -0.0320. The Labute approximate surface area is 138 Å². The van der Waals surface area contributed by atoms with Crippen molar-refractivity contribution in [1.29, 1.82) is 0 Å². The van der Waals surface area contributed by atoms with Crippen LogP contribution < -0.4 is 0 Å². The van der Waals surface area contributed by atoms with E-state index in [2.05, 4.69) is 10.3 Å². The molecule has 0 aromatic carbocycles. The number of carbonyl (C=O) groups is 1. The van der Waals surface area contributed by atoms with Gasteiger partial charge in [-0.3, -0.25) is 4.79 Å². The van der Waals surface area contributed by atoms with E-state index in [0.717, 1.165) is 0 Å². The topological polar surface area (TPSA) is 84.4 Å². The molecule has 1 amide bonds. The van der Waals surface area contributed by atoms with Crippen molar-refractivity contribution in [2.75, 3.05) is 13.1 Å². The lowest BCUT2D eigenvalue weighted by Crippen LogP contribution is -2.48. The van der Waals surface area contributed by atoms with Crippen LogP contribution >= 0.6 is 11.6 Å². The van der Waals surface area contributed by atoms with Crippen LogP contribution in [0.2, 0.25) is 5.22 Å². The first-order valence-electron chi connectivity index (χ1n) is 7.58. The molecule has 7 nitrogen and oxygen atoms in total. The molecule has 0 radical (unpaired) electrons. The predicted molar refractivity (Wildman–Crippen MR) is 83.2 cm³/mol. The number of aliphatic hydroxyl groups is 1. The van der Waals surface area contributed by atoms with Gasteiger partial charge in [-0.1, -0.05) is 5.21 Å². The fourth-order valence-corrected chi connectivity index (χ4v) is 2.97. The summed E-state index contributed by atoms with van der Waals surface area (Å²) < 4.78 is 6.67. The molecule has 1 N–H and O–H groups in total. The summed E-state index contributed by atoms with van der Waals surface area (Å²) in [5.41, 5.74) is -0.402. The van der Waals surface area contributed by atoms with Crippen molar-refractivity contribution in [2.24, 2.45) is 0 Å². The van der Waals surface area contributed by atoms with Crippen molar-refractivity contribution in [1.82, 2.24) is 19.9 Å². The first-order chi connectivity index (χ1) is 10.9. The van der Waals surface area contributed by atoms with Gasteiger partial charge in [-0.05, 0) is 44.4 Å². The number of β-amino-alcohol motifs (C(OH)–C–C–N with tert-alkyl or cyclic N) is 1. The van der Waals surface area contributed by atoms with Crippen molar-refractivity contribution in [2.45, 2.75) is 38.3 Å². The molecule has 2 aromatic heterocycles. The zero-order valence-corrected chi connectivity index (χ0v) is 13.8.